The van der Waals surface area contributed by atoms with Crippen LogP contribution in [0.4, 0.5) is 5.69 Å². The highest BCUT2D eigenvalue weighted by molar-refractivity contribution is 14.0. The van der Waals surface area contributed by atoms with E-state index >= 15 is 0 Å². The number of hydrogen-bond donors (Lipinski definition) is 1. The molecule has 0 saturated carbocycles. The van der Waals surface area contributed by atoms with Crippen LogP contribution in [0, 0.1) is 0 Å². The van der Waals surface area contributed by atoms with Crippen LogP contribution >= 0.6 is 24.0 Å². The number of benzene rings is 2. The van der Waals surface area contributed by atoms with Gasteiger partial charge in [0.25, 0.3) is 0 Å². The van der Waals surface area contributed by atoms with E-state index in [-0.39, 0.29) is 24.0 Å². The van der Waals surface area contributed by atoms with Crippen LogP contribution in [0.3, 0.4) is 0 Å². The van der Waals surface area contributed by atoms with Gasteiger partial charge in [0.15, 0.2) is 5.96 Å². The third-order valence-corrected chi connectivity index (χ3v) is 4.52. The number of aliphatic imine (C=N–C) groups is 1. The summed E-state index contributed by atoms with van der Waals surface area (Å²) < 4.78 is 0. The van der Waals surface area contributed by atoms with E-state index in [1.165, 1.54) is 22.0 Å². The summed E-state index contributed by atoms with van der Waals surface area (Å²) in [5, 5.41) is 5.87. The minimum atomic E-state index is 0. The molecule has 2 aromatic carbocycles. The van der Waals surface area contributed by atoms with E-state index in [2.05, 4.69) is 68.7 Å². The Morgan fingerprint density at radius 3 is 2.80 bits per heavy atom. The fourth-order valence-electron chi connectivity index (χ4n) is 3.34. The Morgan fingerprint density at radius 1 is 1.12 bits per heavy atom. The second kappa shape index (κ2) is 7.82. The van der Waals surface area contributed by atoms with Crippen LogP contribution in [-0.4, -0.2) is 24.5 Å². The van der Waals surface area contributed by atoms with Crippen molar-refractivity contribution >= 4 is 46.4 Å². The Hall–Kier alpha value is -2.15. The summed E-state index contributed by atoms with van der Waals surface area (Å²) >= 11 is 0. The van der Waals surface area contributed by atoms with Gasteiger partial charge in [0.2, 0.25) is 0 Å². The van der Waals surface area contributed by atoms with Crippen LogP contribution in [0.15, 0.2) is 65.8 Å². The lowest BCUT2D eigenvalue weighted by molar-refractivity contribution is 0.848. The minimum Gasteiger partial charge on any atom is -0.350 e. The molecule has 0 unspecified atom stereocenters. The first-order valence-electron chi connectivity index (χ1n) is 8.25. The molecule has 5 heteroatoms. The summed E-state index contributed by atoms with van der Waals surface area (Å²) in [6.45, 7) is 1.62. The molecule has 0 bridgehead atoms. The summed E-state index contributed by atoms with van der Waals surface area (Å²) in [7, 11) is 1.83. The van der Waals surface area contributed by atoms with E-state index in [1.54, 1.807) is 0 Å². The number of rotatable bonds is 2. The molecule has 0 atom stereocenters. The summed E-state index contributed by atoms with van der Waals surface area (Å²) in [5.41, 5.74) is 3.67. The lowest BCUT2D eigenvalue weighted by atomic mass is 10.1. The second-order valence-electron chi connectivity index (χ2n) is 5.91. The number of pyridine rings is 1. The van der Waals surface area contributed by atoms with Gasteiger partial charge in [0.05, 0.1) is 12.2 Å². The summed E-state index contributed by atoms with van der Waals surface area (Å²) in [4.78, 5) is 11.3. The predicted octanol–water partition coefficient (Wildman–Crippen LogP) is 3.99. The van der Waals surface area contributed by atoms with Gasteiger partial charge in [0.1, 0.15) is 0 Å². The molecule has 0 spiro atoms. The maximum absolute atomic E-state index is 4.55. The van der Waals surface area contributed by atoms with Crippen molar-refractivity contribution in [2.75, 3.05) is 18.5 Å². The van der Waals surface area contributed by atoms with Crippen molar-refractivity contribution in [2.45, 2.75) is 13.0 Å². The lowest BCUT2D eigenvalue weighted by Crippen LogP contribution is -2.40. The van der Waals surface area contributed by atoms with E-state index in [0.29, 0.717) is 6.54 Å². The quantitative estimate of drug-likeness (QED) is 0.369. The lowest BCUT2D eigenvalue weighted by Gasteiger charge is -2.22. The highest BCUT2D eigenvalue weighted by Gasteiger charge is 2.22. The normalized spacial score (nSPS) is 13.5. The van der Waals surface area contributed by atoms with Crippen molar-refractivity contribution in [3.05, 3.63) is 72.1 Å². The molecule has 4 rings (SSSR count). The van der Waals surface area contributed by atoms with Crippen molar-refractivity contribution < 1.29 is 0 Å². The Morgan fingerprint density at radius 2 is 1.92 bits per heavy atom. The SMILES string of the molecule is CN=C(NCc1nccc2ccccc12)N1CCc2ccccc21.I. The van der Waals surface area contributed by atoms with Crippen LogP contribution in [-0.2, 0) is 13.0 Å². The Balaban J connectivity index is 0.00000182. The average Bonchev–Trinajstić information content (AvgIpc) is 3.07. The number of nitrogens with zero attached hydrogens (tertiary/aromatic N) is 3. The number of para-hydroxylation sites is 1. The van der Waals surface area contributed by atoms with Crippen molar-refractivity contribution in [1.29, 1.82) is 0 Å². The molecule has 25 heavy (non-hydrogen) atoms. The van der Waals surface area contributed by atoms with Crippen LogP contribution in [0.25, 0.3) is 10.8 Å². The van der Waals surface area contributed by atoms with Gasteiger partial charge in [-0.2, -0.15) is 0 Å². The van der Waals surface area contributed by atoms with E-state index in [1.807, 2.05) is 19.3 Å². The third-order valence-electron chi connectivity index (χ3n) is 4.52. The van der Waals surface area contributed by atoms with Crippen molar-refractivity contribution in [1.82, 2.24) is 10.3 Å². The van der Waals surface area contributed by atoms with Gasteiger partial charge in [-0.3, -0.25) is 9.98 Å². The highest BCUT2D eigenvalue weighted by atomic mass is 127. The van der Waals surface area contributed by atoms with Crippen LogP contribution < -0.4 is 10.2 Å². The first-order chi connectivity index (χ1) is 11.9. The highest BCUT2D eigenvalue weighted by Crippen LogP contribution is 2.27. The zero-order valence-corrected chi connectivity index (χ0v) is 16.5. The molecule has 3 aromatic rings. The van der Waals surface area contributed by atoms with Gasteiger partial charge >= 0.3 is 0 Å². The molecule has 0 amide bonds. The van der Waals surface area contributed by atoms with Crippen LogP contribution in [0.1, 0.15) is 11.3 Å². The zero-order chi connectivity index (χ0) is 16.4. The molecule has 0 fully saturated rings. The number of hydrogen-bond acceptors (Lipinski definition) is 2. The smallest absolute Gasteiger partial charge is 0.198 e. The van der Waals surface area contributed by atoms with Gasteiger partial charge in [-0.25, -0.2) is 0 Å². The number of nitrogens with one attached hydrogen (secondary N) is 1. The summed E-state index contributed by atoms with van der Waals surface area (Å²) in [6, 6.07) is 18.9. The van der Waals surface area contributed by atoms with Crippen LogP contribution in [0.2, 0.25) is 0 Å². The fourth-order valence-corrected chi connectivity index (χ4v) is 3.34. The fraction of sp³-hybridized carbons (Fsp3) is 0.200. The van der Waals surface area contributed by atoms with Crippen molar-refractivity contribution in [3.8, 4) is 0 Å². The molecule has 0 saturated heterocycles. The first-order valence-corrected chi connectivity index (χ1v) is 8.25. The number of anilines is 1. The molecule has 1 aromatic heterocycles. The second-order valence-corrected chi connectivity index (χ2v) is 5.91. The Labute approximate surface area is 165 Å². The summed E-state index contributed by atoms with van der Waals surface area (Å²) in [6.07, 6.45) is 2.93. The van der Waals surface area contributed by atoms with Crippen molar-refractivity contribution in [2.24, 2.45) is 4.99 Å². The van der Waals surface area contributed by atoms with E-state index < -0.39 is 0 Å². The molecule has 0 radical (unpaired) electrons. The molecule has 0 aliphatic carbocycles. The van der Waals surface area contributed by atoms with E-state index in [9.17, 15) is 0 Å². The maximum Gasteiger partial charge on any atom is 0.198 e. The molecule has 1 N–H and O–H groups in total. The van der Waals surface area contributed by atoms with E-state index in [4.69, 9.17) is 0 Å². The summed E-state index contributed by atoms with van der Waals surface area (Å²) in [5.74, 6) is 0.898. The maximum atomic E-state index is 4.55. The monoisotopic (exact) mass is 444 g/mol. The number of halogens is 1. The standard InChI is InChI=1S/C20H20N4.HI/c1-21-20(24-13-11-16-7-3-5-9-19(16)24)23-14-18-17-8-4-2-6-15(17)10-12-22-18;/h2-10,12H,11,13-14H2,1H3,(H,21,23);1H. The van der Waals surface area contributed by atoms with Gasteiger partial charge < -0.3 is 10.2 Å². The Kier molecular flexibility index (Phi) is 5.53. The third kappa shape index (κ3) is 3.46. The largest absolute Gasteiger partial charge is 0.350 e. The predicted molar refractivity (Wildman–Crippen MR) is 115 cm³/mol. The van der Waals surface area contributed by atoms with Gasteiger partial charge in [0, 0.05) is 30.9 Å². The Bertz CT molecular complexity index is 902. The average molecular weight is 444 g/mol. The van der Waals surface area contributed by atoms with Crippen molar-refractivity contribution in [3.63, 3.8) is 0 Å². The number of fused-ring (bicyclic) bond motifs is 2. The topological polar surface area (TPSA) is 40.5 Å². The first kappa shape index (κ1) is 17.7. The minimum absolute atomic E-state index is 0. The molecule has 1 aliphatic rings. The molecule has 1 aliphatic heterocycles. The molecular formula is C20H21IN4. The molecular weight excluding hydrogens is 423 g/mol. The van der Waals surface area contributed by atoms with Gasteiger partial charge in [-0.15, -0.1) is 24.0 Å². The van der Waals surface area contributed by atoms with Gasteiger partial charge in [-0.1, -0.05) is 42.5 Å². The molecule has 2 heterocycles. The van der Waals surface area contributed by atoms with Gasteiger partial charge in [-0.05, 0) is 29.5 Å². The number of guanidine groups is 1. The number of aromatic nitrogens is 1. The van der Waals surface area contributed by atoms with E-state index in [0.717, 1.165) is 24.6 Å². The zero-order valence-electron chi connectivity index (χ0n) is 14.1. The molecule has 128 valence electrons. The van der Waals surface area contributed by atoms with Crippen LogP contribution in [0.5, 0.6) is 0 Å². The molecule has 4 nitrogen and oxygen atoms in total.